The van der Waals surface area contributed by atoms with Gasteiger partial charge in [-0.3, -0.25) is 4.79 Å². The molecule has 2 aromatic carbocycles. The Morgan fingerprint density at radius 3 is 2.43 bits per heavy atom. The standard InChI is InChI=1S/C18H21BrN2O.ClH/c1-13(17(20)15-8-4-3-5-9-15)18(22)21(2)12-14-7-6-10-16(19)11-14;/h3-11,13,17H,12,20H2,1-2H3;1H. The van der Waals surface area contributed by atoms with Crippen LogP contribution in [-0.2, 0) is 11.3 Å². The molecule has 2 aromatic rings. The molecule has 3 nitrogen and oxygen atoms in total. The average Bonchev–Trinajstić information content (AvgIpc) is 2.53. The molecule has 0 aliphatic carbocycles. The first-order valence-electron chi connectivity index (χ1n) is 7.29. The smallest absolute Gasteiger partial charge is 0.227 e. The van der Waals surface area contributed by atoms with Gasteiger partial charge >= 0.3 is 0 Å². The predicted octanol–water partition coefficient (Wildman–Crippen LogP) is 4.17. The molecule has 0 spiro atoms. The van der Waals surface area contributed by atoms with Gasteiger partial charge in [-0.05, 0) is 23.3 Å². The highest BCUT2D eigenvalue weighted by Gasteiger charge is 2.24. The maximum absolute atomic E-state index is 12.6. The van der Waals surface area contributed by atoms with Crippen LogP contribution < -0.4 is 5.73 Å². The summed E-state index contributed by atoms with van der Waals surface area (Å²) in [5.41, 5.74) is 8.31. The molecule has 0 bridgehead atoms. The third kappa shape index (κ3) is 5.34. The molecule has 2 atom stereocenters. The number of amides is 1. The third-order valence-corrected chi connectivity index (χ3v) is 4.29. The van der Waals surface area contributed by atoms with Gasteiger partial charge in [0, 0.05) is 24.1 Å². The summed E-state index contributed by atoms with van der Waals surface area (Å²) in [6.07, 6.45) is 0. The van der Waals surface area contributed by atoms with Crippen LogP contribution >= 0.6 is 28.3 Å². The predicted molar refractivity (Wildman–Crippen MR) is 100 cm³/mol. The molecular formula is C18H22BrClN2O. The first-order valence-corrected chi connectivity index (χ1v) is 8.08. The molecule has 0 radical (unpaired) electrons. The van der Waals surface area contributed by atoms with Crippen LogP contribution in [0.5, 0.6) is 0 Å². The van der Waals surface area contributed by atoms with E-state index in [0.29, 0.717) is 6.54 Å². The summed E-state index contributed by atoms with van der Waals surface area (Å²) in [6, 6.07) is 17.4. The second kappa shape index (κ2) is 9.06. The maximum Gasteiger partial charge on any atom is 0.227 e. The molecule has 1 amide bonds. The number of halogens is 2. The van der Waals surface area contributed by atoms with Crippen molar-refractivity contribution in [3.05, 3.63) is 70.2 Å². The zero-order valence-corrected chi connectivity index (χ0v) is 15.7. The first kappa shape index (κ1) is 19.7. The fourth-order valence-electron chi connectivity index (χ4n) is 2.45. The van der Waals surface area contributed by atoms with Crippen LogP contribution in [0.25, 0.3) is 0 Å². The molecule has 5 heteroatoms. The van der Waals surface area contributed by atoms with Gasteiger partial charge in [-0.25, -0.2) is 0 Å². The van der Waals surface area contributed by atoms with Gasteiger partial charge in [0.2, 0.25) is 5.91 Å². The van der Waals surface area contributed by atoms with Gasteiger partial charge < -0.3 is 10.6 Å². The van der Waals surface area contributed by atoms with Gasteiger partial charge in [-0.1, -0.05) is 65.3 Å². The molecule has 0 saturated heterocycles. The summed E-state index contributed by atoms with van der Waals surface area (Å²) < 4.78 is 1.01. The Balaban J connectivity index is 0.00000264. The van der Waals surface area contributed by atoms with E-state index in [1.165, 1.54) is 0 Å². The number of hydrogen-bond donors (Lipinski definition) is 1. The molecule has 0 aliphatic rings. The first-order chi connectivity index (χ1) is 10.5. The van der Waals surface area contributed by atoms with Gasteiger partial charge in [0.05, 0.1) is 5.92 Å². The van der Waals surface area contributed by atoms with Crippen LogP contribution in [0.15, 0.2) is 59.1 Å². The van der Waals surface area contributed by atoms with Crippen molar-refractivity contribution in [3.63, 3.8) is 0 Å². The molecule has 2 rings (SSSR count). The fourth-order valence-corrected chi connectivity index (χ4v) is 2.90. The number of nitrogens with zero attached hydrogens (tertiary/aromatic N) is 1. The molecule has 0 saturated carbocycles. The van der Waals surface area contributed by atoms with Crippen molar-refractivity contribution in [3.8, 4) is 0 Å². The van der Waals surface area contributed by atoms with Gasteiger partial charge in [-0.15, -0.1) is 12.4 Å². The van der Waals surface area contributed by atoms with Crippen LogP contribution in [-0.4, -0.2) is 17.9 Å². The van der Waals surface area contributed by atoms with Crippen molar-refractivity contribution in [2.24, 2.45) is 11.7 Å². The molecule has 0 aliphatic heterocycles. The fraction of sp³-hybridized carbons (Fsp3) is 0.278. The van der Waals surface area contributed by atoms with Gasteiger partial charge in [0.15, 0.2) is 0 Å². The minimum atomic E-state index is -0.293. The Morgan fingerprint density at radius 1 is 1.17 bits per heavy atom. The Kier molecular flexibility index (Phi) is 7.76. The Labute approximate surface area is 152 Å². The van der Waals surface area contributed by atoms with Crippen molar-refractivity contribution in [2.75, 3.05) is 7.05 Å². The quantitative estimate of drug-likeness (QED) is 0.823. The van der Waals surface area contributed by atoms with Gasteiger partial charge in [0.1, 0.15) is 0 Å². The lowest BCUT2D eigenvalue weighted by Gasteiger charge is -2.25. The molecule has 0 heterocycles. The van der Waals surface area contributed by atoms with Crippen molar-refractivity contribution in [1.29, 1.82) is 0 Å². The van der Waals surface area contributed by atoms with Gasteiger partial charge in [0.25, 0.3) is 0 Å². The van der Waals surface area contributed by atoms with Crippen LogP contribution in [0.3, 0.4) is 0 Å². The highest BCUT2D eigenvalue weighted by atomic mass is 79.9. The normalized spacial score (nSPS) is 12.9. The summed E-state index contributed by atoms with van der Waals surface area (Å²) in [5.74, 6) is -0.212. The second-order valence-electron chi connectivity index (χ2n) is 5.55. The number of hydrogen-bond acceptors (Lipinski definition) is 2. The lowest BCUT2D eigenvalue weighted by Crippen LogP contribution is -2.36. The van der Waals surface area contributed by atoms with E-state index in [1.807, 2.05) is 68.6 Å². The lowest BCUT2D eigenvalue weighted by molar-refractivity contribution is -0.134. The molecule has 0 fully saturated rings. The van der Waals surface area contributed by atoms with Gasteiger partial charge in [-0.2, -0.15) is 0 Å². The molecule has 0 aromatic heterocycles. The summed E-state index contributed by atoms with van der Waals surface area (Å²) in [5, 5.41) is 0. The maximum atomic E-state index is 12.6. The summed E-state index contributed by atoms with van der Waals surface area (Å²) in [6.45, 7) is 2.46. The van der Waals surface area contributed by atoms with Crippen molar-refractivity contribution in [1.82, 2.24) is 4.90 Å². The van der Waals surface area contributed by atoms with E-state index in [0.717, 1.165) is 15.6 Å². The average molecular weight is 398 g/mol. The minimum Gasteiger partial charge on any atom is -0.341 e. The lowest BCUT2D eigenvalue weighted by atomic mass is 9.94. The number of rotatable bonds is 5. The Hall–Kier alpha value is -1.36. The van der Waals surface area contributed by atoms with E-state index in [9.17, 15) is 4.79 Å². The van der Waals surface area contributed by atoms with E-state index in [-0.39, 0.29) is 30.3 Å². The van der Waals surface area contributed by atoms with Crippen LogP contribution in [0.2, 0.25) is 0 Å². The second-order valence-corrected chi connectivity index (χ2v) is 6.47. The van der Waals surface area contributed by atoms with Crippen LogP contribution in [0, 0.1) is 5.92 Å². The highest BCUT2D eigenvalue weighted by Crippen LogP contribution is 2.21. The highest BCUT2D eigenvalue weighted by molar-refractivity contribution is 9.10. The van der Waals surface area contributed by atoms with E-state index in [1.54, 1.807) is 4.90 Å². The van der Waals surface area contributed by atoms with Crippen molar-refractivity contribution in [2.45, 2.75) is 19.5 Å². The largest absolute Gasteiger partial charge is 0.341 e. The minimum absolute atomic E-state index is 0. The van der Waals surface area contributed by atoms with E-state index in [4.69, 9.17) is 5.73 Å². The number of carbonyl (C=O) groups is 1. The zero-order valence-electron chi connectivity index (χ0n) is 13.3. The van der Waals surface area contributed by atoms with E-state index < -0.39 is 0 Å². The Morgan fingerprint density at radius 2 is 1.83 bits per heavy atom. The van der Waals surface area contributed by atoms with Crippen LogP contribution in [0.1, 0.15) is 24.1 Å². The zero-order chi connectivity index (χ0) is 16.1. The molecule has 124 valence electrons. The topological polar surface area (TPSA) is 46.3 Å². The summed E-state index contributed by atoms with van der Waals surface area (Å²) >= 11 is 3.45. The molecule has 23 heavy (non-hydrogen) atoms. The number of benzene rings is 2. The third-order valence-electron chi connectivity index (χ3n) is 3.80. The molecular weight excluding hydrogens is 376 g/mol. The van der Waals surface area contributed by atoms with Crippen molar-refractivity contribution < 1.29 is 4.79 Å². The number of carbonyl (C=O) groups excluding carboxylic acids is 1. The molecule has 2 unspecified atom stereocenters. The number of nitrogens with two attached hydrogens (primary N) is 1. The van der Waals surface area contributed by atoms with E-state index in [2.05, 4.69) is 15.9 Å². The van der Waals surface area contributed by atoms with Crippen molar-refractivity contribution >= 4 is 34.2 Å². The van der Waals surface area contributed by atoms with E-state index >= 15 is 0 Å². The summed E-state index contributed by atoms with van der Waals surface area (Å²) in [4.78, 5) is 14.3. The summed E-state index contributed by atoms with van der Waals surface area (Å²) in [7, 11) is 1.82. The van der Waals surface area contributed by atoms with Crippen LogP contribution in [0.4, 0.5) is 0 Å². The SMILES string of the molecule is CC(C(=O)N(C)Cc1cccc(Br)c1)C(N)c1ccccc1.Cl. The monoisotopic (exact) mass is 396 g/mol. The Bertz CT molecular complexity index is 636. The molecule has 2 N–H and O–H groups in total.